The van der Waals surface area contributed by atoms with Crippen LogP contribution in [0.1, 0.15) is 43.2 Å². The Labute approximate surface area is 279 Å². The van der Waals surface area contributed by atoms with Gasteiger partial charge in [-0.2, -0.15) is 13.2 Å². The van der Waals surface area contributed by atoms with Crippen LogP contribution in [0.2, 0.25) is 0 Å². The number of rotatable bonds is 4. The van der Waals surface area contributed by atoms with Crippen molar-refractivity contribution in [2.75, 3.05) is 26.2 Å². The number of fused-ring (bicyclic) bond motifs is 1. The number of aromatic amines is 1. The zero-order valence-electron chi connectivity index (χ0n) is 21.8. The summed E-state index contributed by atoms with van der Waals surface area (Å²) in [6.45, 7) is -1.55. The molecule has 224 valence electrons. The molecule has 3 amide bonds. The summed E-state index contributed by atoms with van der Waals surface area (Å²) in [6.07, 6.45) is -2.27. The number of urea groups is 1. The molecule has 4 heterocycles. The Balaban J connectivity index is 0.00000242. The zero-order chi connectivity index (χ0) is 28.6. The first-order valence-corrected chi connectivity index (χ1v) is 12.9. The molecule has 0 radical (unpaired) electrons. The first kappa shape index (κ1) is 34.1. The number of carbonyl (C=O) groups excluding carboxylic acids is 2. The summed E-state index contributed by atoms with van der Waals surface area (Å²) in [5.74, 6) is -4.11. The third-order valence-electron chi connectivity index (χ3n) is 7.55. The van der Waals surface area contributed by atoms with Gasteiger partial charge in [0.25, 0.3) is 0 Å². The minimum atomic E-state index is -4.72. The quantitative estimate of drug-likeness (QED) is 0.340. The number of nitrogens with one attached hydrogen (secondary N) is 2. The Hall–Kier alpha value is -2.37. The summed E-state index contributed by atoms with van der Waals surface area (Å²) in [6, 6.07) is 4.87. The van der Waals surface area contributed by atoms with E-state index < -0.39 is 54.8 Å². The van der Waals surface area contributed by atoms with Crippen LogP contribution >= 0.6 is 0 Å². The molecule has 2 aliphatic heterocycles. The van der Waals surface area contributed by atoms with Crippen LogP contribution in [0.5, 0.6) is 0 Å². The molecule has 4 N–H and O–H groups in total. The third-order valence-corrected chi connectivity index (χ3v) is 7.55. The van der Waals surface area contributed by atoms with Gasteiger partial charge in [0.05, 0.1) is 5.52 Å². The Morgan fingerprint density at radius 1 is 1.05 bits per heavy atom. The molecule has 0 unspecified atom stereocenters. The fraction of sp³-hybridized carbons (Fsp3) is 0.462. The van der Waals surface area contributed by atoms with Gasteiger partial charge in [-0.1, -0.05) is 12.1 Å². The molecule has 0 saturated carbocycles. The molecule has 16 heteroatoms. The second-order valence-corrected chi connectivity index (χ2v) is 10.1. The summed E-state index contributed by atoms with van der Waals surface area (Å²) in [5, 5.41) is 2.56. The van der Waals surface area contributed by atoms with Crippen LogP contribution in [0.3, 0.4) is 0 Å². The molecular weight excluding hydrogens is 594 g/mol. The predicted octanol–water partition coefficient (Wildman–Crippen LogP) is 2.21. The molecule has 2 saturated heterocycles. The standard InChI is InChI=1S/C26H27F5N6O3.K.H2O.H/c27-18-4-1-3-17(21(18)28)15-6-7-19(23(38)36(13-15)14-26(29,30)31)33-24(39)35-11-8-16(9-12-35)37-20-5-2-10-32-22(20)34-25(37)40;;;/h1-5,10,15-16,19H,6-9,11-14H2,(H,33,39)(H,32,34,40);;1H2;/t15-,19-;;;/m1.../s1. The number of imidazole rings is 1. The van der Waals surface area contributed by atoms with Gasteiger partial charge in [0.15, 0.2) is 17.3 Å². The fourth-order valence-electron chi connectivity index (χ4n) is 5.63. The normalized spacial score (nSPS) is 20.1. The Kier molecular flexibility index (Phi) is 11.3. The van der Waals surface area contributed by atoms with E-state index in [4.69, 9.17) is 0 Å². The predicted molar refractivity (Wildman–Crippen MR) is 144 cm³/mol. The topological polar surface area (TPSA) is 135 Å². The maximum atomic E-state index is 14.5. The number of halogens is 5. The van der Waals surface area contributed by atoms with Gasteiger partial charge < -0.3 is 20.6 Å². The SMILES string of the molecule is O.O=C(N[C@@H]1CC[C@@H](c2cccc(F)c2F)CN(CC(F)(F)F)C1=O)N1CCC(n2c(=O)[nH]c3ncccc32)CC1.[KH]. The molecule has 2 fully saturated rings. The molecule has 0 bridgehead atoms. The van der Waals surface area contributed by atoms with Crippen molar-refractivity contribution in [3.63, 3.8) is 0 Å². The molecular formula is C26H30F5KN6O4. The number of hydrogen-bond acceptors (Lipinski definition) is 4. The van der Waals surface area contributed by atoms with Crippen LogP contribution in [-0.2, 0) is 4.79 Å². The average molecular weight is 625 g/mol. The van der Waals surface area contributed by atoms with E-state index in [9.17, 15) is 36.3 Å². The summed E-state index contributed by atoms with van der Waals surface area (Å²) < 4.78 is 69.9. The molecule has 0 spiro atoms. The van der Waals surface area contributed by atoms with Crippen molar-refractivity contribution in [1.82, 2.24) is 29.7 Å². The van der Waals surface area contributed by atoms with Gasteiger partial charge in [0.2, 0.25) is 5.91 Å². The van der Waals surface area contributed by atoms with Crippen molar-refractivity contribution in [3.8, 4) is 0 Å². The molecule has 10 nitrogen and oxygen atoms in total. The Morgan fingerprint density at radius 2 is 1.76 bits per heavy atom. The van der Waals surface area contributed by atoms with Crippen LogP contribution in [-0.4, -0.2) is 132 Å². The Bertz CT molecular complexity index is 1470. The van der Waals surface area contributed by atoms with E-state index in [1.54, 1.807) is 22.9 Å². The molecule has 2 atom stereocenters. The monoisotopic (exact) mass is 624 g/mol. The fourth-order valence-corrected chi connectivity index (χ4v) is 5.63. The van der Waals surface area contributed by atoms with Gasteiger partial charge in [0.1, 0.15) is 12.6 Å². The Morgan fingerprint density at radius 3 is 2.45 bits per heavy atom. The van der Waals surface area contributed by atoms with Gasteiger partial charge in [0, 0.05) is 37.8 Å². The van der Waals surface area contributed by atoms with E-state index in [1.165, 1.54) is 17.0 Å². The number of aromatic nitrogens is 3. The first-order chi connectivity index (χ1) is 19.0. The summed E-state index contributed by atoms with van der Waals surface area (Å²) >= 11 is 0. The molecule has 42 heavy (non-hydrogen) atoms. The van der Waals surface area contributed by atoms with Crippen LogP contribution in [0, 0.1) is 11.6 Å². The maximum absolute atomic E-state index is 14.5. The van der Waals surface area contributed by atoms with Crippen molar-refractivity contribution in [1.29, 1.82) is 0 Å². The second-order valence-electron chi connectivity index (χ2n) is 10.1. The molecule has 2 aliphatic rings. The number of alkyl halides is 3. The van der Waals surface area contributed by atoms with Crippen molar-refractivity contribution in [3.05, 3.63) is 64.2 Å². The van der Waals surface area contributed by atoms with Crippen molar-refractivity contribution in [2.45, 2.75) is 49.9 Å². The van der Waals surface area contributed by atoms with Crippen LogP contribution in [0.4, 0.5) is 26.7 Å². The van der Waals surface area contributed by atoms with Gasteiger partial charge in [-0.15, -0.1) is 0 Å². The first-order valence-electron chi connectivity index (χ1n) is 12.9. The second kappa shape index (κ2) is 13.9. The molecule has 3 aromatic rings. The van der Waals surface area contributed by atoms with Gasteiger partial charge in [-0.25, -0.2) is 23.4 Å². The average Bonchev–Trinajstić information content (AvgIpc) is 3.18. The molecule has 1 aromatic carbocycles. The minimum absolute atomic E-state index is 0. The van der Waals surface area contributed by atoms with E-state index in [-0.39, 0.29) is 100 Å². The zero-order valence-corrected chi connectivity index (χ0v) is 21.8. The summed E-state index contributed by atoms with van der Waals surface area (Å²) in [7, 11) is 0. The van der Waals surface area contributed by atoms with Crippen LogP contribution in [0.15, 0.2) is 41.3 Å². The van der Waals surface area contributed by atoms with E-state index >= 15 is 0 Å². The number of pyridine rings is 1. The van der Waals surface area contributed by atoms with E-state index in [2.05, 4.69) is 15.3 Å². The number of hydrogen-bond donors (Lipinski definition) is 2. The number of amides is 3. The summed E-state index contributed by atoms with van der Waals surface area (Å²) in [4.78, 5) is 47.5. The van der Waals surface area contributed by atoms with Crippen LogP contribution in [0.25, 0.3) is 11.2 Å². The van der Waals surface area contributed by atoms with Gasteiger partial charge >= 0.3 is 69.3 Å². The van der Waals surface area contributed by atoms with Crippen molar-refractivity contribution < 1.29 is 37.0 Å². The van der Waals surface area contributed by atoms with Crippen molar-refractivity contribution >= 4 is 74.5 Å². The van der Waals surface area contributed by atoms with E-state index in [0.29, 0.717) is 28.9 Å². The van der Waals surface area contributed by atoms with Gasteiger partial charge in [-0.05, 0) is 49.4 Å². The van der Waals surface area contributed by atoms with Gasteiger partial charge in [-0.3, -0.25) is 14.3 Å². The number of benzene rings is 1. The summed E-state index contributed by atoms with van der Waals surface area (Å²) in [5.41, 5.74) is 0.680. The number of H-pyrrole nitrogens is 1. The number of nitrogens with zero attached hydrogens (tertiary/aromatic N) is 4. The third kappa shape index (κ3) is 7.39. The van der Waals surface area contributed by atoms with Crippen LogP contribution < -0.4 is 11.0 Å². The number of likely N-dealkylation sites (tertiary alicyclic amines) is 2. The molecule has 0 aliphatic carbocycles. The van der Waals surface area contributed by atoms with E-state index in [0.717, 1.165) is 6.07 Å². The molecule has 2 aromatic heterocycles. The molecule has 5 rings (SSSR count). The number of piperidine rings is 1. The number of carbonyl (C=O) groups is 2. The van der Waals surface area contributed by atoms with E-state index in [1.807, 2.05) is 0 Å². The van der Waals surface area contributed by atoms with Crippen molar-refractivity contribution in [2.24, 2.45) is 0 Å².